The van der Waals surface area contributed by atoms with E-state index in [1.54, 1.807) is 0 Å². The van der Waals surface area contributed by atoms with Crippen LogP contribution in [0.3, 0.4) is 0 Å². The molecular weight excluding hydrogens is 309 g/mol. The van der Waals surface area contributed by atoms with Crippen LogP contribution in [-0.2, 0) is 4.79 Å². The lowest BCUT2D eigenvalue weighted by Gasteiger charge is -2.50. The molecule has 0 aromatic rings. The van der Waals surface area contributed by atoms with Crippen LogP contribution in [0.4, 0.5) is 13.2 Å². The number of aliphatic hydroxyl groups is 1. The Kier molecular flexibility index (Phi) is 4.62. The summed E-state index contributed by atoms with van der Waals surface area (Å²) in [5.41, 5.74) is -0.992. The van der Waals surface area contributed by atoms with Crippen molar-refractivity contribution in [2.45, 2.75) is 50.3 Å². The lowest BCUT2D eigenvalue weighted by atomic mass is 9.75. The van der Waals surface area contributed by atoms with Gasteiger partial charge in [0.15, 0.2) is 0 Å². The van der Waals surface area contributed by atoms with Gasteiger partial charge in [-0.1, -0.05) is 12.8 Å². The number of nitrogens with one attached hydrogen (secondary N) is 1. The van der Waals surface area contributed by atoms with Crippen molar-refractivity contribution in [3.8, 4) is 0 Å². The number of nitrogens with zero attached hydrogens (tertiary/aromatic N) is 1. The molecule has 1 amide bonds. The van der Waals surface area contributed by atoms with E-state index in [0.29, 0.717) is 19.4 Å². The molecule has 1 saturated carbocycles. The molecule has 2 bridgehead atoms. The van der Waals surface area contributed by atoms with Crippen LogP contribution < -0.4 is 5.32 Å². The van der Waals surface area contributed by atoms with Crippen molar-refractivity contribution < 1.29 is 23.1 Å². The van der Waals surface area contributed by atoms with Crippen LogP contribution in [0.5, 0.6) is 0 Å². The highest BCUT2D eigenvalue weighted by Gasteiger charge is 2.49. The molecule has 4 fully saturated rings. The summed E-state index contributed by atoms with van der Waals surface area (Å²) in [5.74, 6) is -2.96. The van der Waals surface area contributed by atoms with Gasteiger partial charge in [0.2, 0.25) is 5.91 Å². The van der Waals surface area contributed by atoms with Gasteiger partial charge in [0.05, 0.1) is 11.5 Å². The zero-order valence-corrected chi connectivity index (χ0v) is 13.2. The molecule has 3 saturated heterocycles. The number of amides is 1. The Bertz CT molecular complexity index is 449. The standard InChI is InChI=1S/C16H25F3N2O2/c17-16(18,19)13-4-2-1-3-12(13)14(22)20-9-15(23)10-21-7-5-11(15)6-8-21/h11-13,23H,1-10H2,(H,20,22)/t12-,13-,15?/m1/s1. The fourth-order valence-electron chi connectivity index (χ4n) is 4.55. The molecule has 23 heavy (non-hydrogen) atoms. The molecule has 0 spiro atoms. The number of carbonyl (C=O) groups excluding carboxylic acids is 1. The Morgan fingerprint density at radius 3 is 2.39 bits per heavy atom. The van der Waals surface area contributed by atoms with Crippen LogP contribution >= 0.6 is 0 Å². The van der Waals surface area contributed by atoms with Gasteiger partial charge in [0.1, 0.15) is 0 Å². The van der Waals surface area contributed by atoms with Crippen LogP contribution in [0.15, 0.2) is 0 Å². The van der Waals surface area contributed by atoms with E-state index < -0.39 is 29.5 Å². The third-order valence-corrected chi connectivity index (χ3v) is 5.94. The lowest BCUT2D eigenvalue weighted by molar-refractivity contribution is -0.198. The van der Waals surface area contributed by atoms with Crippen molar-refractivity contribution in [2.75, 3.05) is 26.2 Å². The fraction of sp³-hybridized carbons (Fsp3) is 0.938. The van der Waals surface area contributed by atoms with E-state index in [2.05, 4.69) is 10.2 Å². The third kappa shape index (κ3) is 3.50. The minimum absolute atomic E-state index is 0.0300. The van der Waals surface area contributed by atoms with Gasteiger partial charge >= 0.3 is 6.18 Å². The van der Waals surface area contributed by atoms with Crippen LogP contribution in [0.1, 0.15) is 38.5 Å². The van der Waals surface area contributed by atoms with E-state index in [0.717, 1.165) is 25.9 Å². The van der Waals surface area contributed by atoms with Crippen molar-refractivity contribution in [1.82, 2.24) is 10.2 Å². The van der Waals surface area contributed by atoms with Crippen molar-refractivity contribution in [1.29, 1.82) is 0 Å². The number of hydrogen-bond donors (Lipinski definition) is 2. The molecule has 4 aliphatic rings. The van der Waals surface area contributed by atoms with Gasteiger partial charge in [-0.15, -0.1) is 0 Å². The molecule has 2 N–H and O–H groups in total. The SMILES string of the molecule is O=C(NCC1(O)CN2CCC1CC2)[C@@H]1CCCC[C@H]1C(F)(F)F. The summed E-state index contributed by atoms with van der Waals surface area (Å²) in [6.07, 6.45) is -1.05. The average molecular weight is 334 g/mol. The Labute approximate surface area is 134 Å². The molecule has 1 unspecified atom stereocenters. The maximum Gasteiger partial charge on any atom is 0.392 e. The first kappa shape index (κ1) is 17.0. The molecule has 132 valence electrons. The monoisotopic (exact) mass is 334 g/mol. The second-order valence-electron chi connectivity index (χ2n) is 7.41. The molecule has 3 atom stereocenters. The van der Waals surface area contributed by atoms with E-state index in [4.69, 9.17) is 0 Å². The normalized spacial score (nSPS) is 40.9. The van der Waals surface area contributed by atoms with Crippen molar-refractivity contribution >= 4 is 5.91 Å². The smallest absolute Gasteiger partial charge is 0.386 e. The van der Waals surface area contributed by atoms with E-state index in [-0.39, 0.29) is 25.3 Å². The van der Waals surface area contributed by atoms with Crippen LogP contribution in [0.25, 0.3) is 0 Å². The molecule has 7 heteroatoms. The third-order valence-electron chi connectivity index (χ3n) is 5.94. The van der Waals surface area contributed by atoms with Gasteiger partial charge in [-0.2, -0.15) is 13.2 Å². The largest absolute Gasteiger partial charge is 0.392 e. The summed E-state index contributed by atoms with van der Waals surface area (Å²) in [6.45, 7) is 2.48. The Morgan fingerprint density at radius 2 is 1.83 bits per heavy atom. The van der Waals surface area contributed by atoms with E-state index in [1.165, 1.54) is 0 Å². The molecule has 3 heterocycles. The lowest BCUT2D eigenvalue weighted by Crippen LogP contribution is -2.63. The topological polar surface area (TPSA) is 52.6 Å². The minimum Gasteiger partial charge on any atom is -0.386 e. The minimum atomic E-state index is -4.32. The number of alkyl halides is 3. The second-order valence-corrected chi connectivity index (χ2v) is 7.41. The van der Waals surface area contributed by atoms with Gasteiger partial charge in [-0.05, 0) is 44.7 Å². The van der Waals surface area contributed by atoms with Gasteiger partial charge in [0.25, 0.3) is 0 Å². The fourth-order valence-corrected chi connectivity index (χ4v) is 4.55. The first-order valence-corrected chi connectivity index (χ1v) is 8.59. The van der Waals surface area contributed by atoms with Gasteiger partial charge < -0.3 is 15.3 Å². The van der Waals surface area contributed by atoms with Crippen LogP contribution in [0.2, 0.25) is 0 Å². The van der Waals surface area contributed by atoms with Gasteiger partial charge in [0, 0.05) is 19.0 Å². The predicted molar refractivity (Wildman–Crippen MR) is 78.6 cm³/mol. The Hall–Kier alpha value is -0.820. The zero-order valence-electron chi connectivity index (χ0n) is 13.2. The summed E-state index contributed by atoms with van der Waals surface area (Å²) >= 11 is 0. The summed E-state index contributed by atoms with van der Waals surface area (Å²) in [5, 5.41) is 13.4. The van der Waals surface area contributed by atoms with Crippen molar-refractivity contribution in [3.05, 3.63) is 0 Å². The number of hydrogen-bond acceptors (Lipinski definition) is 3. The van der Waals surface area contributed by atoms with Crippen LogP contribution in [-0.4, -0.2) is 53.9 Å². The summed E-state index contributed by atoms with van der Waals surface area (Å²) in [7, 11) is 0. The van der Waals surface area contributed by atoms with E-state index in [1.807, 2.05) is 0 Å². The molecule has 4 nitrogen and oxygen atoms in total. The second kappa shape index (κ2) is 6.24. The Morgan fingerprint density at radius 1 is 1.17 bits per heavy atom. The quantitative estimate of drug-likeness (QED) is 0.829. The average Bonchev–Trinajstić information content (AvgIpc) is 2.53. The van der Waals surface area contributed by atoms with E-state index >= 15 is 0 Å². The summed E-state index contributed by atoms with van der Waals surface area (Å²) in [4.78, 5) is 14.5. The molecular formula is C16H25F3N2O2. The zero-order chi connectivity index (χ0) is 16.7. The van der Waals surface area contributed by atoms with Crippen LogP contribution in [0, 0.1) is 17.8 Å². The number of carbonyl (C=O) groups is 1. The Balaban J connectivity index is 1.60. The number of piperidine rings is 3. The maximum atomic E-state index is 13.1. The first-order chi connectivity index (χ1) is 10.8. The molecule has 0 aromatic carbocycles. The van der Waals surface area contributed by atoms with Gasteiger partial charge in [-0.25, -0.2) is 0 Å². The summed E-state index contributed by atoms with van der Waals surface area (Å²) < 4.78 is 39.3. The number of halogens is 3. The first-order valence-electron chi connectivity index (χ1n) is 8.59. The maximum absolute atomic E-state index is 13.1. The van der Waals surface area contributed by atoms with Crippen molar-refractivity contribution in [3.63, 3.8) is 0 Å². The van der Waals surface area contributed by atoms with Crippen molar-refractivity contribution in [2.24, 2.45) is 17.8 Å². The number of fused-ring (bicyclic) bond motifs is 3. The summed E-state index contributed by atoms with van der Waals surface area (Å²) in [6, 6.07) is 0. The number of rotatable bonds is 3. The predicted octanol–water partition coefficient (Wildman–Crippen LogP) is 1.93. The highest BCUT2D eigenvalue weighted by Crippen LogP contribution is 2.42. The van der Waals surface area contributed by atoms with Gasteiger partial charge in [-0.3, -0.25) is 4.79 Å². The molecule has 1 aliphatic carbocycles. The highest BCUT2D eigenvalue weighted by atomic mass is 19.4. The molecule has 3 aliphatic heterocycles. The highest BCUT2D eigenvalue weighted by molar-refractivity contribution is 5.79. The van der Waals surface area contributed by atoms with E-state index in [9.17, 15) is 23.1 Å². The molecule has 0 aromatic heterocycles. The molecule has 0 radical (unpaired) electrons. The molecule has 4 rings (SSSR count).